The van der Waals surface area contributed by atoms with Crippen molar-refractivity contribution in [2.45, 2.75) is 18.9 Å². The molecule has 1 aliphatic heterocycles. The number of anilines is 1. The molecule has 0 radical (unpaired) electrons. The number of carbonyl (C=O) groups is 1. The zero-order valence-corrected chi connectivity index (χ0v) is 21.0. The zero-order valence-electron chi connectivity index (χ0n) is 18.7. The molecule has 3 N–H and O–H groups in total. The summed E-state index contributed by atoms with van der Waals surface area (Å²) in [4.78, 5) is 25.7. The van der Waals surface area contributed by atoms with Gasteiger partial charge in [-0.25, -0.2) is 14.8 Å². The quantitative estimate of drug-likeness (QED) is 0.427. The Morgan fingerprint density at radius 2 is 2.00 bits per heavy atom. The summed E-state index contributed by atoms with van der Waals surface area (Å²) in [5, 5.41) is 14.9. The van der Waals surface area contributed by atoms with Gasteiger partial charge in [-0.1, -0.05) is 23.7 Å². The summed E-state index contributed by atoms with van der Waals surface area (Å²) in [7, 11) is 3.97. The second-order valence-electron chi connectivity index (χ2n) is 8.49. The molecular formula is C22H28BrClN8O. The predicted molar refractivity (Wildman–Crippen MR) is 134 cm³/mol. The molecule has 0 spiro atoms. The average Bonchev–Trinajstić information content (AvgIpc) is 3.19. The van der Waals surface area contributed by atoms with E-state index in [4.69, 9.17) is 11.6 Å². The Hall–Kier alpha value is -2.43. The molecule has 3 aromatic rings. The highest BCUT2D eigenvalue weighted by atomic mass is 79.9. The van der Waals surface area contributed by atoms with Crippen LogP contribution in [0.4, 0.5) is 10.6 Å². The molecule has 1 saturated heterocycles. The number of H-pyrrole nitrogens is 1. The van der Waals surface area contributed by atoms with E-state index in [0.717, 1.165) is 49.2 Å². The fraction of sp³-hybridized carbons (Fsp3) is 0.455. The first kappa shape index (κ1) is 23.7. The third kappa shape index (κ3) is 5.74. The van der Waals surface area contributed by atoms with E-state index >= 15 is 0 Å². The van der Waals surface area contributed by atoms with Crippen LogP contribution >= 0.6 is 27.5 Å². The number of rotatable bonds is 7. The van der Waals surface area contributed by atoms with Crippen LogP contribution in [0.1, 0.15) is 24.4 Å². The van der Waals surface area contributed by atoms with Gasteiger partial charge in [0.1, 0.15) is 16.7 Å². The summed E-state index contributed by atoms with van der Waals surface area (Å²) >= 11 is 9.60. The summed E-state index contributed by atoms with van der Waals surface area (Å²) < 4.78 is 0.713. The fourth-order valence-corrected chi connectivity index (χ4v) is 4.80. The molecule has 1 unspecified atom stereocenters. The van der Waals surface area contributed by atoms with Crippen molar-refractivity contribution in [3.63, 3.8) is 0 Å². The summed E-state index contributed by atoms with van der Waals surface area (Å²) in [5.74, 6) is 1.16. The van der Waals surface area contributed by atoms with Gasteiger partial charge in [-0.05, 0) is 66.5 Å². The van der Waals surface area contributed by atoms with Gasteiger partial charge < -0.3 is 20.4 Å². The number of hydrogen-bond donors (Lipinski definition) is 3. The number of piperidine rings is 1. The maximum atomic E-state index is 12.6. The van der Waals surface area contributed by atoms with E-state index in [1.165, 1.54) is 0 Å². The number of urea groups is 1. The van der Waals surface area contributed by atoms with Gasteiger partial charge in [-0.2, -0.15) is 5.10 Å². The van der Waals surface area contributed by atoms with Gasteiger partial charge in [-0.15, -0.1) is 0 Å². The molecule has 0 saturated carbocycles. The first-order valence-corrected chi connectivity index (χ1v) is 12.1. The standard InChI is InChI=1S/C22H28BrClN8O/c1-31(2)12-9-25-22(33)28-18(14-3-5-16(24)6-4-14)15-7-10-32(11-8-15)21-17-19(23)29-30-20(17)26-13-27-21/h3-6,13,15,18H,7-12H2,1-2H3,(H2,25,28,33)(H,26,27,29,30). The smallest absolute Gasteiger partial charge is 0.315 e. The molecule has 3 heterocycles. The van der Waals surface area contributed by atoms with Crippen molar-refractivity contribution in [1.29, 1.82) is 0 Å². The molecule has 1 atom stereocenters. The summed E-state index contributed by atoms with van der Waals surface area (Å²) in [5.41, 5.74) is 1.77. The van der Waals surface area contributed by atoms with Crippen LogP contribution in [0.5, 0.6) is 0 Å². The van der Waals surface area contributed by atoms with Crippen LogP contribution in [0.3, 0.4) is 0 Å². The Labute approximate surface area is 206 Å². The van der Waals surface area contributed by atoms with E-state index in [1.54, 1.807) is 6.33 Å². The fourth-order valence-electron chi connectivity index (χ4n) is 4.22. The largest absolute Gasteiger partial charge is 0.356 e. The van der Waals surface area contributed by atoms with E-state index in [0.29, 0.717) is 21.8 Å². The number of halogens is 2. The number of hydrogen-bond acceptors (Lipinski definition) is 6. The van der Waals surface area contributed by atoms with Crippen LogP contribution in [0.2, 0.25) is 5.02 Å². The SMILES string of the molecule is CN(C)CCNC(=O)NC(c1ccc(Cl)cc1)C1CCN(c2ncnc3[nH]nc(Br)c23)CC1. The molecule has 176 valence electrons. The summed E-state index contributed by atoms with van der Waals surface area (Å²) in [6.45, 7) is 3.02. The van der Waals surface area contributed by atoms with Crippen molar-refractivity contribution in [1.82, 2.24) is 35.7 Å². The summed E-state index contributed by atoms with van der Waals surface area (Å²) in [6, 6.07) is 7.48. The molecule has 1 fully saturated rings. The lowest BCUT2D eigenvalue weighted by Gasteiger charge is -2.37. The third-order valence-electron chi connectivity index (χ3n) is 5.96. The molecule has 1 aromatic carbocycles. The lowest BCUT2D eigenvalue weighted by molar-refractivity contribution is 0.224. The molecule has 0 bridgehead atoms. The van der Waals surface area contributed by atoms with Crippen LogP contribution in [0, 0.1) is 5.92 Å². The minimum Gasteiger partial charge on any atom is -0.356 e. The van der Waals surface area contributed by atoms with Crippen molar-refractivity contribution in [2.24, 2.45) is 5.92 Å². The van der Waals surface area contributed by atoms with Crippen LogP contribution in [-0.2, 0) is 0 Å². The zero-order chi connectivity index (χ0) is 23.4. The number of benzene rings is 1. The monoisotopic (exact) mass is 534 g/mol. The normalized spacial score (nSPS) is 15.7. The van der Waals surface area contributed by atoms with Crippen LogP contribution in [0.15, 0.2) is 35.2 Å². The maximum absolute atomic E-state index is 12.6. The minimum absolute atomic E-state index is 0.102. The molecular weight excluding hydrogens is 508 g/mol. The maximum Gasteiger partial charge on any atom is 0.315 e. The van der Waals surface area contributed by atoms with Gasteiger partial charge in [0.2, 0.25) is 0 Å². The Morgan fingerprint density at radius 1 is 1.27 bits per heavy atom. The Bertz CT molecular complexity index is 1080. The van der Waals surface area contributed by atoms with Gasteiger partial charge >= 0.3 is 6.03 Å². The molecule has 2 aromatic heterocycles. The van der Waals surface area contributed by atoms with Gasteiger partial charge in [-0.3, -0.25) is 5.10 Å². The number of aromatic nitrogens is 4. The topological polar surface area (TPSA) is 102 Å². The lowest BCUT2D eigenvalue weighted by Crippen LogP contribution is -2.45. The highest BCUT2D eigenvalue weighted by Gasteiger charge is 2.30. The van der Waals surface area contributed by atoms with E-state index in [9.17, 15) is 4.79 Å². The number of fused-ring (bicyclic) bond motifs is 1. The molecule has 4 rings (SSSR count). The number of carbonyl (C=O) groups excluding carboxylic acids is 1. The van der Waals surface area contributed by atoms with E-state index < -0.39 is 0 Å². The van der Waals surface area contributed by atoms with Crippen LogP contribution in [0.25, 0.3) is 11.0 Å². The van der Waals surface area contributed by atoms with Crippen molar-refractivity contribution >= 4 is 50.4 Å². The number of nitrogens with zero attached hydrogens (tertiary/aromatic N) is 5. The lowest BCUT2D eigenvalue weighted by atomic mass is 9.85. The number of amides is 2. The predicted octanol–water partition coefficient (Wildman–Crippen LogP) is 3.59. The van der Waals surface area contributed by atoms with Gasteiger partial charge in [0.15, 0.2) is 5.65 Å². The Kier molecular flexibility index (Phi) is 7.67. The number of nitrogens with one attached hydrogen (secondary N) is 3. The average molecular weight is 536 g/mol. The minimum atomic E-state index is -0.154. The van der Waals surface area contributed by atoms with Crippen molar-refractivity contribution < 1.29 is 4.79 Å². The highest BCUT2D eigenvalue weighted by Crippen LogP contribution is 2.35. The van der Waals surface area contributed by atoms with E-state index in [-0.39, 0.29) is 18.0 Å². The van der Waals surface area contributed by atoms with E-state index in [1.807, 2.05) is 43.3 Å². The van der Waals surface area contributed by atoms with Crippen molar-refractivity contribution in [3.05, 3.63) is 45.8 Å². The molecule has 0 aliphatic carbocycles. The highest BCUT2D eigenvalue weighted by molar-refractivity contribution is 9.10. The van der Waals surface area contributed by atoms with Gasteiger partial charge in [0.25, 0.3) is 0 Å². The third-order valence-corrected chi connectivity index (χ3v) is 6.79. The van der Waals surface area contributed by atoms with Crippen molar-refractivity contribution in [3.8, 4) is 0 Å². The molecule has 2 amide bonds. The Balaban J connectivity index is 1.47. The first-order valence-electron chi connectivity index (χ1n) is 11.0. The Morgan fingerprint density at radius 3 is 2.70 bits per heavy atom. The molecule has 33 heavy (non-hydrogen) atoms. The first-order chi connectivity index (χ1) is 15.9. The van der Waals surface area contributed by atoms with Crippen LogP contribution in [-0.4, -0.2) is 71.4 Å². The van der Waals surface area contributed by atoms with Crippen molar-refractivity contribution in [2.75, 3.05) is 45.2 Å². The molecule has 1 aliphatic rings. The molecule has 11 heteroatoms. The number of aromatic amines is 1. The summed E-state index contributed by atoms with van der Waals surface area (Å²) in [6.07, 6.45) is 3.38. The second-order valence-corrected chi connectivity index (χ2v) is 9.68. The molecule has 9 nitrogen and oxygen atoms in total. The van der Waals surface area contributed by atoms with Gasteiger partial charge in [0.05, 0.1) is 11.4 Å². The van der Waals surface area contributed by atoms with Gasteiger partial charge in [0, 0.05) is 31.2 Å². The van der Waals surface area contributed by atoms with E-state index in [2.05, 4.69) is 51.6 Å². The second kappa shape index (κ2) is 10.7. The number of likely N-dealkylation sites (N-methyl/N-ethyl adjacent to an activating group) is 1. The van der Waals surface area contributed by atoms with Crippen LogP contribution < -0.4 is 15.5 Å².